The van der Waals surface area contributed by atoms with Crippen molar-refractivity contribution in [1.82, 2.24) is 5.16 Å². The number of amides is 1. The van der Waals surface area contributed by atoms with Gasteiger partial charge in [-0.15, -0.1) is 0 Å². The molecule has 1 amide bonds. The number of aromatic nitrogens is 1. The monoisotopic (exact) mass is 278 g/mol. The molecule has 104 valence electrons. The van der Waals surface area contributed by atoms with Crippen molar-refractivity contribution in [1.29, 1.82) is 0 Å². The van der Waals surface area contributed by atoms with Crippen LogP contribution >= 0.6 is 0 Å². The van der Waals surface area contributed by atoms with E-state index in [4.69, 9.17) is 4.52 Å². The summed E-state index contributed by atoms with van der Waals surface area (Å²) >= 11 is 0. The Kier molecular flexibility index (Phi) is 3.51. The largest absolute Gasteiger partial charge is 0.356 e. The van der Waals surface area contributed by atoms with Gasteiger partial charge < -0.3 is 9.84 Å². The van der Waals surface area contributed by atoms with Gasteiger partial charge in [-0.3, -0.25) is 4.79 Å². The summed E-state index contributed by atoms with van der Waals surface area (Å²) in [6, 6.07) is 19.2. The number of carbonyl (C=O) groups is 1. The van der Waals surface area contributed by atoms with E-state index in [9.17, 15) is 4.79 Å². The van der Waals surface area contributed by atoms with Crippen LogP contribution in [0.3, 0.4) is 0 Å². The van der Waals surface area contributed by atoms with Gasteiger partial charge in [-0.05, 0) is 24.3 Å². The Balaban J connectivity index is 1.85. The summed E-state index contributed by atoms with van der Waals surface area (Å²) in [4.78, 5) is 11.0. The molecule has 0 saturated carbocycles. The highest BCUT2D eigenvalue weighted by atomic mass is 16.5. The third-order valence-electron chi connectivity index (χ3n) is 3.07. The molecule has 3 aromatic rings. The van der Waals surface area contributed by atoms with Gasteiger partial charge in [0.2, 0.25) is 5.91 Å². The van der Waals surface area contributed by atoms with Gasteiger partial charge in [-0.25, -0.2) is 0 Å². The third kappa shape index (κ3) is 3.00. The van der Waals surface area contributed by atoms with Crippen molar-refractivity contribution in [2.45, 2.75) is 6.92 Å². The Morgan fingerprint density at radius 1 is 1.00 bits per heavy atom. The quantitative estimate of drug-likeness (QED) is 0.788. The molecule has 4 nitrogen and oxygen atoms in total. The molecule has 0 radical (unpaired) electrons. The van der Waals surface area contributed by atoms with Gasteiger partial charge >= 0.3 is 0 Å². The molecule has 2 aromatic carbocycles. The fourth-order valence-corrected chi connectivity index (χ4v) is 2.08. The Morgan fingerprint density at radius 2 is 1.71 bits per heavy atom. The lowest BCUT2D eigenvalue weighted by Gasteiger charge is -2.01. The first-order valence-electron chi connectivity index (χ1n) is 6.62. The molecule has 21 heavy (non-hydrogen) atoms. The van der Waals surface area contributed by atoms with E-state index in [1.165, 1.54) is 6.92 Å². The van der Waals surface area contributed by atoms with Gasteiger partial charge in [0, 0.05) is 29.8 Å². The van der Waals surface area contributed by atoms with E-state index in [1.54, 1.807) is 0 Å². The Bertz CT molecular complexity index is 746. The molecule has 0 aliphatic rings. The minimum absolute atomic E-state index is 0.0891. The third-order valence-corrected chi connectivity index (χ3v) is 3.07. The summed E-state index contributed by atoms with van der Waals surface area (Å²) in [5.74, 6) is 0.608. The number of benzene rings is 2. The van der Waals surface area contributed by atoms with E-state index in [-0.39, 0.29) is 5.91 Å². The molecule has 0 aliphatic heterocycles. The van der Waals surface area contributed by atoms with Crippen LogP contribution in [0.5, 0.6) is 0 Å². The SMILES string of the molecule is CC(=O)Nc1ccc(-c2cc(-c3ccccc3)no2)cc1. The highest BCUT2D eigenvalue weighted by molar-refractivity contribution is 5.88. The zero-order valence-electron chi connectivity index (χ0n) is 11.5. The summed E-state index contributed by atoms with van der Waals surface area (Å²) in [6.45, 7) is 1.48. The lowest BCUT2D eigenvalue weighted by molar-refractivity contribution is -0.114. The zero-order valence-corrected chi connectivity index (χ0v) is 11.5. The van der Waals surface area contributed by atoms with Crippen LogP contribution in [0.25, 0.3) is 22.6 Å². The fraction of sp³-hybridized carbons (Fsp3) is 0.0588. The molecule has 1 N–H and O–H groups in total. The normalized spacial score (nSPS) is 10.3. The van der Waals surface area contributed by atoms with E-state index in [2.05, 4.69) is 10.5 Å². The molecule has 0 spiro atoms. The van der Waals surface area contributed by atoms with Gasteiger partial charge in [0.25, 0.3) is 0 Å². The van der Waals surface area contributed by atoms with Crippen molar-refractivity contribution in [3.05, 3.63) is 60.7 Å². The minimum Gasteiger partial charge on any atom is -0.356 e. The van der Waals surface area contributed by atoms with Crippen molar-refractivity contribution in [3.8, 4) is 22.6 Å². The average molecular weight is 278 g/mol. The molecule has 4 heteroatoms. The maximum atomic E-state index is 11.0. The van der Waals surface area contributed by atoms with Crippen LogP contribution in [0.4, 0.5) is 5.69 Å². The van der Waals surface area contributed by atoms with Crippen LogP contribution in [0.15, 0.2) is 65.2 Å². The summed E-state index contributed by atoms with van der Waals surface area (Å²) < 4.78 is 5.39. The molecule has 1 heterocycles. The second kappa shape index (κ2) is 5.63. The zero-order chi connectivity index (χ0) is 14.7. The number of carbonyl (C=O) groups excluding carboxylic acids is 1. The Labute approximate surface area is 122 Å². The lowest BCUT2D eigenvalue weighted by atomic mass is 10.1. The molecular formula is C17H14N2O2. The van der Waals surface area contributed by atoms with Crippen LogP contribution in [-0.2, 0) is 4.79 Å². The first-order chi connectivity index (χ1) is 10.2. The molecule has 0 bridgehead atoms. The summed E-state index contributed by atoms with van der Waals surface area (Å²) in [5, 5.41) is 6.82. The number of rotatable bonds is 3. The van der Waals surface area contributed by atoms with E-state index in [1.807, 2.05) is 60.7 Å². The van der Waals surface area contributed by atoms with Crippen LogP contribution in [0.2, 0.25) is 0 Å². The molecule has 0 atom stereocenters. The van der Waals surface area contributed by atoms with Crippen molar-refractivity contribution in [3.63, 3.8) is 0 Å². The first-order valence-corrected chi connectivity index (χ1v) is 6.62. The predicted molar refractivity (Wildman–Crippen MR) is 81.7 cm³/mol. The molecule has 1 aromatic heterocycles. The van der Waals surface area contributed by atoms with E-state index < -0.39 is 0 Å². The molecule has 0 fully saturated rings. The number of anilines is 1. The van der Waals surface area contributed by atoms with Crippen LogP contribution in [0, 0.1) is 0 Å². The average Bonchev–Trinajstić information content (AvgIpc) is 2.98. The molecule has 3 rings (SSSR count). The lowest BCUT2D eigenvalue weighted by Crippen LogP contribution is -2.05. The first kappa shape index (κ1) is 13.1. The number of nitrogens with zero attached hydrogens (tertiary/aromatic N) is 1. The second-order valence-corrected chi connectivity index (χ2v) is 4.70. The van der Waals surface area contributed by atoms with Crippen LogP contribution < -0.4 is 5.32 Å². The summed E-state index contributed by atoms with van der Waals surface area (Å²) in [5.41, 5.74) is 3.49. The number of hydrogen-bond acceptors (Lipinski definition) is 3. The predicted octanol–water partition coefficient (Wildman–Crippen LogP) is 3.97. The van der Waals surface area contributed by atoms with Gasteiger partial charge in [0.1, 0.15) is 5.69 Å². The van der Waals surface area contributed by atoms with Crippen molar-refractivity contribution < 1.29 is 9.32 Å². The maximum Gasteiger partial charge on any atom is 0.221 e. The van der Waals surface area contributed by atoms with Gasteiger partial charge in [0.05, 0.1) is 0 Å². The minimum atomic E-state index is -0.0891. The van der Waals surface area contributed by atoms with Crippen LogP contribution in [0.1, 0.15) is 6.92 Å². The maximum absolute atomic E-state index is 11.0. The van der Waals surface area contributed by atoms with Crippen molar-refractivity contribution in [2.24, 2.45) is 0 Å². The highest BCUT2D eigenvalue weighted by Gasteiger charge is 2.08. The van der Waals surface area contributed by atoms with E-state index in [0.717, 1.165) is 22.5 Å². The standard InChI is InChI=1S/C17H14N2O2/c1-12(20)18-15-9-7-14(8-10-15)17-11-16(19-21-17)13-5-3-2-4-6-13/h2-11H,1H3,(H,18,20). The van der Waals surface area contributed by atoms with E-state index in [0.29, 0.717) is 5.76 Å². The summed E-state index contributed by atoms with van der Waals surface area (Å²) in [7, 11) is 0. The Hall–Kier alpha value is -2.88. The van der Waals surface area contributed by atoms with Crippen LogP contribution in [-0.4, -0.2) is 11.1 Å². The van der Waals surface area contributed by atoms with Crippen molar-refractivity contribution in [2.75, 3.05) is 5.32 Å². The van der Waals surface area contributed by atoms with Gasteiger partial charge in [-0.1, -0.05) is 35.5 Å². The van der Waals surface area contributed by atoms with E-state index >= 15 is 0 Å². The molecule has 0 aliphatic carbocycles. The van der Waals surface area contributed by atoms with Gasteiger partial charge in [0.15, 0.2) is 5.76 Å². The molecule has 0 unspecified atom stereocenters. The van der Waals surface area contributed by atoms with Crippen molar-refractivity contribution >= 4 is 11.6 Å². The number of hydrogen-bond donors (Lipinski definition) is 1. The highest BCUT2D eigenvalue weighted by Crippen LogP contribution is 2.26. The Morgan fingerprint density at radius 3 is 2.38 bits per heavy atom. The topological polar surface area (TPSA) is 55.1 Å². The number of nitrogens with one attached hydrogen (secondary N) is 1. The molecule has 0 saturated heterocycles. The summed E-state index contributed by atoms with van der Waals surface area (Å²) in [6.07, 6.45) is 0. The smallest absolute Gasteiger partial charge is 0.221 e. The fourth-order valence-electron chi connectivity index (χ4n) is 2.08. The van der Waals surface area contributed by atoms with Gasteiger partial charge in [-0.2, -0.15) is 0 Å². The second-order valence-electron chi connectivity index (χ2n) is 4.70. The molecular weight excluding hydrogens is 264 g/mol.